The standard InChI is InChI=1S/C21H21F2N3O2S/c1-12-3-4-13(2)18-17(12)11-14(19(27)26-18)9-10-24-21(29)25-15-5-7-16(8-6-15)28-20(22)23/h3-8,11,14,20H,9-10H2,1-2H3,(H2,24,25,29). The zero-order valence-corrected chi connectivity index (χ0v) is 16.9. The summed E-state index contributed by atoms with van der Waals surface area (Å²) in [7, 11) is 0. The van der Waals surface area contributed by atoms with Crippen LogP contribution in [0.5, 0.6) is 5.75 Å². The molecule has 29 heavy (non-hydrogen) atoms. The van der Waals surface area contributed by atoms with Gasteiger partial charge < -0.3 is 15.4 Å². The number of fused-ring (bicyclic) bond motifs is 1. The summed E-state index contributed by atoms with van der Waals surface area (Å²) in [5.74, 6) is -0.379. The van der Waals surface area contributed by atoms with Gasteiger partial charge in [0.05, 0.1) is 11.3 Å². The Morgan fingerprint density at radius 2 is 1.86 bits per heavy atom. The molecule has 1 aliphatic heterocycles. The molecular weight excluding hydrogens is 396 g/mol. The third-order valence-corrected chi connectivity index (χ3v) is 4.87. The molecule has 0 spiro atoms. The molecule has 1 aliphatic rings. The minimum Gasteiger partial charge on any atom is -0.435 e. The second-order valence-corrected chi connectivity index (χ2v) is 7.17. The van der Waals surface area contributed by atoms with Crippen LogP contribution in [0.1, 0.15) is 17.5 Å². The highest BCUT2D eigenvalue weighted by Crippen LogP contribution is 2.17. The Kier molecular flexibility index (Phi) is 6.53. The van der Waals surface area contributed by atoms with Crippen LogP contribution in [0.2, 0.25) is 0 Å². The van der Waals surface area contributed by atoms with Crippen molar-refractivity contribution in [2.24, 2.45) is 10.9 Å². The molecule has 3 rings (SSSR count). The van der Waals surface area contributed by atoms with Crippen molar-refractivity contribution in [1.29, 1.82) is 0 Å². The van der Waals surface area contributed by atoms with Crippen LogP contribution >= 0.6 is 12.2 Å². The molecule has 2 aromatic carbocycles. The minimum absolute atomic E-state index is 0.0744. The summed E-state index contributed by atoms with van der Waals surface area (Å²) in [6.07, 6.45) is 2.53. The summed E-state index contributed by atoms with van der Waals surface area (Å²) in [4.78, 5) is 16.6. The van der Waals surface area contributed by atoms with Gasteiger partial charge in [0.2, 0.25) is 0 Å². The maximum absolute atomic E-state index is 12.4. The molecule has 0 aromatic heterocycles. The molecule has 0 saturated heterocycles. The van der Waals surface area contributed by atoms with E-state index in [4.69, 9.17) is 12.2 Å². The Bertz CT molecular complexity index is 1040. The number of anilines is 1. The lowest BCUT2D eigenvalue weighted by Gasteiger charge is -2.16. The fourth-order valence-electron chi connectivity index (χ4n) is 3.09. The number of ether oxygens (including phenoxy) is 1. The summed E-state index contributed by atoms with van der Waals surface area (Å²) >= 11 is 5.24. The number of nitrogens with zero attached hydrogens (tertiary/aromatic N) is 1. The van der Waals surface area contributed by atoms with Crippen molar-refractivity contribution in [3.63, 3.8) is 0 Å². The zero-order chi connectivity index (χ0) is 21.0. The number of aryl methyl sites for hydroxylation is 2. The van der Waals surface area contributed by atoms with Crippen molar-refractivity contribution >= 4 is 35.0 Å². The minimum atomic E-state index is -2.86. The number of carbonyl (C=O) groups excluding carboxylic acids is 1. The molecule has 2 N–H and O–H groups in total. The van der Waals surface area contributed by atoms with E-state index in [-0.39, 0.29) is 17.6 Å². The smallest absolute Gasteiger partial charge is 0.387 e. The Hall–Kier alpha value is -2.87. The van der Waals surface area contributed by atoms with Gasteiger partial charge >= 0.3 is 6.61 Å². The molecule has 1 heterocycles. The van der Waals surface area contributed by atoms with Crippen molar-refractivity contribution < 1.29 is 18.3 Å². The average molecular weight is 417 g/mol. The third kappa shape index (κ3) is 5.35. The van der Waals surface area contributed by atoms with E-state index in [1.54, 1.807) is 12.1 Å². The van der Waals surface area contributed by atoms with Crippen LogP contribution in [0.15, 0.2) is 41.4 Å². The number of amides is 1. The van der Waals surface area contributed by atoms with E-state index in [1.165, 1.54) is 12.1 Å². The normalized spacial score (nSPS) is 15.2. The topological polar surface area (TPSA) is 62.7 Å². The second kappa shape index (κ2) is 9.09. The maximum Gasteiger partial charge on any atom is 0.387 e. The molecule has 0 aliphatic carbocycles. The first-order chi connectivity index (χ1) is 13.8. The van der Waals surface area contributed by atoms with Gasteiger partial charge in [0, 0.05) is 17.5 Å². The van der Waals surface area contributed by atoms with Gasteiger partial charge in [-0.25, -0.2) is 4.99 Å². The lowest BCUT2D eigenvalue weighted by atomic mass is 9.97. The highest BCUT2D eigenvalue weighted by molar-refractivity contribution is 7.80. The van der Waals surface area contributed by atoms with Gasteiger partial charge in [-0.1, -0.05) is 18.2 Å². The summed E-state index contributed by atoms with van der Waals surface area (Å²) in [6.45, 7) is 1.58. The van der Waals surface area contributed by atoms with Gasteiger partial charge in [-0.15, -0.1) is 0 Å². The number of benzene rings is 2. The number of hydrogen-bond acceptors (Lipinski definition) is 3. The van der Waals surface area contributed by atoms with E-state index < -0.39 is 6.61 Å². The van der Waals surface area contributed by atoms with E-state index in [2.05, 4.69) is 20.4 Å². The Labute approximate surface area is 172 Å². The number of rotatable bonds is 6. The monoisotopic (exact) mass is 417 g/mol. The van der Waals surface area contributed by atoms with Crippen LogP contribution < -0.4 is 25.9 Å². The molecule has 8 heteroatoms. The van der Waals surface area contributed by atoms with Crippen molar-refractivity contribution in [2.75, 3.05) is 11.9 Å². The number of nitrogens with one attached hydrogen (secondary N) is 2. The molecule has 0 saturated carbocycles. The largest absolute Gasteiger partial charge is 0.435 e. The summed E-state index contributed by atoms with van der Waals surface area (Å²) in [5, 5.41) is 8.16. The lowest BCUT2D eigenvalue weighted by molar-refractivity contribution is -0.120. The number of alkyl halides is 2. The third-order valence-electron chi connectivity index (χ3n) is 4.62. The number of thiocarbonyl (C=S) groups is 1. The van der Waals surface area contributed by atoms with E-state index >= 15 is 0 Å². The molecule has 0 fully saturated rings. The first kappa shape index (κ1) is 20.9. The van der Waals surface area contributed by atoms with Gasteiger partial charge in [-0.05, 0) is 67.9 Å². The van der Waals surface area contributed by atoms with E-state index in [1.807, 2.05) is 32.1 Å². The highest BCUT2D eigenvalue weighted by atomic mass is 32.1. The molecule has 0 radical (unpaired) electrons. The van der Waals surface area contributed by atoms with Crippen molar-refractivity contribution in [1.82, 2.24) is 5.32 Å². The molecule has 5 nitrogen and oxygen atoms in total. The predicted octanol–water partition coefficient (Wildman–Crippen LogP) is 2.84. The van der Waals surface area contributed by atoms with Crippen LogP contribution in [-0.2, 0) is 4.79 Å². The summed E-state index contributed by atoms with van der Waals surface area (Å²) < 4.78 is 28.7. The zero-order valence-electron chi connectivity index (χ0n) is 16.0. The fraction of sp³-hybridized carbons (Fsp3) is 0.286. The van der Waals surface area contributed by atoms with Gasteiger partial charge in [0.15, 0.2) is 5.11 Å². The summed E-state index contributed by atoms with van der Waals surface area (Å²) in [5.41, 5.74) is 2.72. The molecule has 1 unspecified atom stereocenters. The van der Waals surface area contributed by atoms with Gasteiger partial charge in [0.25, 0.3) is 5.91 Å². The first-order valence-corrected chi connectivity index (χ1v) is 9.54. The molecule has 1 atom stereocenters. The van der Waals surface area contributed by atoms with E-state index in [0.29, 0.717) is 23.8 Å². The van der Waals surface area contributed by atoms with E-state index in [0.717, 1.165) is 21.7 Å². The maximum atomic E-state index is 12.4. The molecule has 0 bridgehead atoms. The van der Waals surface area contributed by atoms with Crippen molar-refractivity contribution in [2.45, 2.75) is 26.9 Å². The lowest BCUT2D eigenvalue weighted by Crippen LogP contribution is -2.38. The van der Waals surface area contributed by atoms with Crippen molar-refractivity contribution in [3.8, 4) is 5.75 Å². The van der Waals surface area contributed by atoms with Crippen LogP contribution in [0, 0.1) is 19.8 Å². The van der Waals surface area contributed by atoms with Gasteiger partial charge in [-0.2, -0.15) is 8.78 Å². The predicted molar refractivity (Wildman–Crippen MR) is 112 cm³/mol. The van der Waals surface area contributed by atoms with Crippen LogP contribution in [0.4, 0.5) is 14.5 Å². The number of carbonyl (C=O) groups is 1. The van der Waals surface area contributed by atoms with Crippen LogP contribution in [0.3, 0.4) is 0 Å². The highest BCUT2D eigenvalue weighted by Gasteiger charge is 2.19. The SMILES string of the molecule is Cc1ccc(C)c2c1=CC(CCNC(=S)Nc1ccc(OC(F)F)cc1)C(=O)N=2. The van der Waals surface area contributed by atoms with Crippen molar-refractivity contribution in [3.05, 3.63) is 58.1 Å². The molecule has 2 aromatic rings. The Morgan fingerprint density at radius 3 is 2.55 bits per heavy atom. The Balaban J connectivity index is 1.54. The van der Waals surface area contributed by atoms with Gasteiger partial charge in [0.1, 0.15) is 5.75 Å². The van der Waals surface area contributed by atoms with Crippen LogP contribution in [-0.4, -0.2) is 24.2 Å². The number of hydrogen-bond donors (Lipinski definition) is 2. The van der Waals surface area contributed by atoms with E-state index in [9.17, 15) is 13.6 Å². The average Bonchev–Trinajstić information content (AvgIpc) is 2.67. The Morgan fingerprint density at radius 1 is 1.17 bits per heavy atom. The summed E-state index contributed by atoms with van der Waals surface area (Å²) in [6, 6.07) is 10.0. The van der Waals surface area contributed by atoms with Crippen LogP contribution in [0.25, 0.3) is 6.08 Å². The number of halogens is 2. The molecule has 1 amide bonds. The quantitative estimate of drug-likeness (QED) is 0.708. The first-order valence-electron chi connectivity index (χ1n) is 9.14. The van der Waals surface area contributed by atoms with Gasteiger partial charge in [-0.3, -0.25) is 4.79 Å². The fourth-order valence-corrected chi connectivity index (χ4v) is 3.31. The second-order valence-electron chi connectivity index (χ2n) is 6.76. The molecule has 152 valence electrons. The molecular formula is C21H21F2N3O2S.